The number of aromatic nitrogens is 1. The number of amides is 2. The largest absolute Gasteiger partial charge is 0.493 e. The zero-order chi connectivity index (χ0) is 24.6. The molecule has 1 aromatic heterocycles. The van der Waals surface area contributed by atoms with Crippen molar-refractivity contribution in [3.8, 4) is 23.0 Å². The Labute approximate surface area is 204 Å². The molecule has 0 spiro atoms. The maximum atomic E-state index is 12.4. The van der Waals surface area contributed by atoms with Crippen LogP contribution >= 0.6 is 0 Å². The molecule has 0 radical (unpaired) electrons. The fourth-order valence-corrected chi connectivity index (χ4v) is 3.84. The summed E-state index contributed by atoms with van der Waals surface area (Å²) < 4.78 is 21.9. The molecule has 2 amide bonds. The van der Waals surface area contributed by atoms with Crippen LogP contribution < -0.4 is 29.6 Å². The normalized spacial score (nSPS) is 10.6. The van der Waals surface area contributed by atoms with Gasteiger partial charge in [0, 0.05) is 41.8 Å². The highest BCUT2D eigenvalue weighted by Gasteiger charge is 2.14. The molecule has 3 N–H and O–H groups in total. The molecule has 0 atom stereocenters. The van der Waals surface area contributed by atoms with Gasteiger partial charge in [-0.1, -0.05) is 30.3 Å². The van der Waals surface area contributed by atoms with E-state index in [1.807, 2.05) is 54.7 Å². The van der Waals surface area contributed by atoms with Gasteiger partial charge in [-0.2, -0.15) is 0 Å². The van der Waals surface area contributed by atoms with E-state index in [-0.39, 0.29) is 6.03 Å². The Kier molecular flexibility index (Phi) is 7.62. The van der Waals surface area contributed by atoms with Gasteiger partial charge in [0.15, 0.2) is 11.5 Å². The Bertz CT molecular complexity index is 1260. The van der Waals surface area contributed by atoms with E-state index in [1.165, 1.54) is 21.3 Å². The van der Waals surface area contributed by atoms with E-state index in [9.17, 15) is 4.79 Å². The molecule has 0 bridgehead atoms. The maximum absolute atomic E-state index is 12.4. The molecule has 0 fully saturated rings. The molecular weight excluding hydrogens is 446 g/mol. The SMILES string of the molecule is COc1cc(NC(=O)NCCc2c[nH]c3cc(OCc4ccccc4)ccc23)cc(OC)c1OC. The van der Waals surface area contributed by atoms with Gasteiger partial charge in [-0.3, -0.25) is 0 Å². The van der Waals surface area contributed by atoms with Gasteiger partial charge in [0.05, 0.1) is 27.0 Å². The number of ether oxygens (including phenoxy) is 4. The second-order valence-corrected chi connectivity index (χ2v) is 7.84. The molecule has 0 aliphatic heterocycles. The number of methoxy groups -OCH3 is 3. The predicted octanol–water partition coefficient (Wildman–Crippen LogP) is 5.14. The van der Waals surface area contributed by atoms with Crippen molar-refractivity contribution in [3.05, 3.63) is 78.0 Å². The zero-order valence-electron chi connectivity index (χ0n) is 20.0. The number of rotatable bonds is 10. The Hall–Kier alpha value is -4.33. The van der Waals surface area contributed by atoms with Gasteiger partial charge in [-0.05, 0) is 29.7 Å². The number of H-pyrrole nitrogens is 1. The lowest BCUT2D eigenvalue weighted by atomic mass is 10.1. The summed E-state index contributed by atoms with van der Waals surface area (Å²) in [6.45, 7) is 0.986. The van der Waals surface area contributed by atoms with E-state index >= 15 is 0 Å². The molecule has 0 aliphatic rings. The minimum absolute atomic E-state index is 0.323. The van der Waals surface area contributed by atoms with Crippen LogP contribution in [0, 0.1) is 0 Å². The molecular formula is C27H29N3O5. The highest BCUT2D eigenvalue weighted by atomic mass is 16.5. The fourth-order valence-electron chi connectivity index (χ4n) is 3.84. The third kappa shape index (κ3) is 5.78. The molecule has 182 valence electrons. The van der Waals surface area contributed by atoms with Crippen molar-refractivity contribution in [2.75, 3.05) is 33.2 Å². The highest BCUT2D eigenvalue weighted by molar-refractivity contribution is 5.90. The van der Waals surface area contributed by atoms with Gasteiger partial charge >= 0.3 is 6.03 Å². The smallest absolute Gasteiger partial charge is 0.319 e. The molecule has 1 heterocycles. The third-order valence-corrected chi connectivity index (χ3v) is 5.59. The molecule has 3 aromatic carbocycles. The second-order valence-electron chi connectivity index (χ2n) is 7.84. The molecule has 8 heteroatoms. The summed E-state index contributed by atoms with van der Waals surface area (Å²) in [7, 11) is 4.59. The first-order valence-corrected chi connectivity index (χ1v) is 11.2. The number of aromatic amines is 1. The lowest BCUT2D eigenvalue weighted by molar-refractivity contribution is 0.252. The zero-order valence-corrected chi connectivity index (χ0v) is 20.0. The first kappa shape index (κ1) is 23.8. The maximum Gasteiger partial charge on any atom is 0.319 e. The summed E-state index contributed by atoms with van der Waals surface area (Å²) in [6, 6.07) is 19.1. The van der Waals surface area contributed by atoms with Crippen molar-refractivity contribution in [2.24, 2.45) is 0 Å². The number of hydrogen-bond donors (Lipinski definition) is 3. The molecule has 0 saturated heterocycles. The van der Waals surface area contributed by atoms with Crippen LogP contribution in [0.2, 0.25) is 0 Å². The van der Waals surface area contributed by atoms with Crippen molar-refractivity contribution in [3.63, 3.8) is 0 Å². The van der Waals surface area contributed by atoms with Crippen molar-refractivity contribution in [1.29, 1.82) is 0 Å². The number of hydrogen-bond acceptors (Lipinski definition) is 5. The number of urea groups is 1. The van der Waals surface area contributed by atoms with E-state index in [1.54, 1.807) is 12.1 Å². The molecule has 0 unspecified atom stereocenters. The Morgan fingerprint density at radius 1 is 0.914 bits per heavy atom. The summed E-state index contributed by atoms with van der Waals surface area (Å²) in [6.07, 6.45) is 2.64. The van der Waals surface area contributed by atoms with Gasteiger partial charge in [0.2, 0.25) is 5.75 Å². The lowest BCUT2D eigenvalue weighted by Gasteiger charge is -2.15. The predicted molar refractivity (Wildman–Crippen MR) is 136 cm³/mol. The Morgan fingerprint density at radius 2 is 1.66 bits per heavy atom. The van der Waals surface area contributed by atoms with Crippen molar-refractivity contribution < 1.29 is 23.7 Å². The van der Waals surface area contributed by atoms with Gasteiger partial charge < -0.3 is 34.6 Å². The summed E-state index contributed by atoms with van der Waals surface area (Å²) in [5.74, 6) is 2.20. The molecule has 0 aliphatic carbocycles. The summed E-state index contributed by atoms with van der Waals surface area (Å²) in [4.78, 5) is 15.7. The van der Waals surface area contributed by atoms with Crippen molar-refractivity contribution in [2.45, 2.75) is 13.0 Å². The average molecular weight is 476 g/mol. The number of nitrogens with one attached hydrogen (secondary N) is 3. The molecule has 4 aromatic rings. The van der Waals surface area contributed by atoms with Gasteiger partial charge in [-0.15, -0.1) is 0 Å². The van der Waals surface area contributed by atoms with Crippen molar-refractivity contribution >= 4 is 22.6 Å². The van der Waals surface area contributed by atoms with Gasteiger partial charge in [0.1, 0.15) is 12.4 Å². The minimum Gasteiger partial charge on any atom is -0.493 e. The minimum atomic E-state index is -0.323. The molecule has 35 heavy (non-hydrogen) atoms. The van der Waals surface area contributed by atoms with E-state index in [2.05, 4.69) is 15.6 Å². The second kappa shape index (κ2) is 11.2. The number of fused-ring (bicyclic) bond motifs is 1. The van der Waals surface area contributed by atoms with E-state index in [4.69, 9.17) is 18.9 Å². The topological polar surface area (TPSA) is 93.8 Å². The molecule has 0 saturated carbocycles. The summed E-state index contributed by atoms with van der Waals surface area (Å²) >= 11 is 0. The molecule has 4 rings (SSSR count). The van der Waals surface area contributed by atoms with Crippen LogP contribution in [0.1, 0.15) is 11.1 Å². The lowest BCUT2D eigenvalue weighted by Crippen LogP contribution is -2.30. The third-order valence-electron chi connectivity index (χ3n) is 5.59. The quantitative estimate of drug-likeness (QED) is 0.295. The number of carbonyl (C=O) groups is 1. The monoisotopic (exact) mass is 475 g/mol. The first-order valence-electron chi connectivity index (χ1n) is 11.2. The summed E-state index contributed by atoms with van der Waals surface area (Å²) in [5, 5.41) is 6.79. The number of anilines is 1. The van der Waals surface area contributed by atoms with Crippen LogP contribution in [0.5, 0.6) is 23.0 Å². The van der Waals surface area contributed by atoms with Crippen LogP contribution in [0.25, 0.3) is 10.9 Å². The van der Waals surface area contributed by atoms with Crippen LogP contribution in [0.15, 0.2) is 66.9 Å². The number of carbonyl (C=O) groups excluding carboxylic acids is 1. The summed E-state index contributed by atoms with van der Waals surface area (Å²) in [5.41, 5.74) is 3.76. The van der Waals surface area contributed by atoms with E-state index in [0.29, 0.717) is 42.5 Å². The van der Waals surface area contributed by atoms with Crippen LogP contribution in [0.3, 0.4) is 0 Å². The average Bonchev–Trinajstić information content (AvgIpc) is 3.29. The molecule has 8 nitrogen and oxygen atoms in total. The number of benzene rings is 3. The first-order chi connectivity index (χ1) is 17.1. The van der Waals surface area contributed by atoms with E-state index < -0.39 is 0 Å². The standard InChI is InChI=1S/C27H29N3O5/c1-32-24-13-20(14-25(33-2)26(24)34-3)30-27(31)28-12-11-19-16-29-23-15-21(9-10-22(19)23)35-17-18-7-5-4-6-8-18/h4-10,13-16,29H,11-12,17H2,1-3H3,(H2,28,30,31). The van der Waals surface area contributed by atoms with Crippen LogP contribution in [0.4, 0.5) is 10.5 Å². The highest BCUT2D eigenvalue weighted by Crippen LogP contribution is 2.39. The van der Waals surface area contributed by atoms with E-state index in [0.717, 1.165) is 27.8 Å². The van der Waals surface area contributed by atoms with Crippen LogP contribution in [-0.4, -0.2) is 38.9 Å². The van der Waals surface area contributed by atoms with Crippen molar-refractivity contribution in [1.82, 2.24) is 10.3 Å². The van der Waals surface area contributed by atoms with Gasteiger partial charge in [0.25, 0.3) is 0 Å². The Morgan fingerprint density at radius 3 is 2.34 bits per heavy atom. The fraction of sp³-hybridized carbons (Fsp3) is 0.222. The van der Waals surface area contributed by atoms with Gasteiger partial charge in [-0.25, -0.2) is 4.79 Å². The Balaban J connectivity index is 1.32. The van der Waals surface area contributed by atoms with Crippen LogP contribution in [-0.2, 0) is 13.0 Å².